The molecule has 0 aromatic rings. The molecule has 1 aliphatic heterocycles. The van der Waals surface area contributed by atoms with Gasteiger partial charge in [0.15, 0.2) is 0 Å². The number of aliphatic hydroxyl groups excluding tert-OH is 2. The van der Waals surface area contributed by atoms with E-state index in [-0.39, 0.29) is 13.2 Å². The minimum atomic E-state index is -0.653. The van der Waals surface area contributed by atoms with Crippen LogP contribution in [0.1, 0.15) is 0 Å². The van der Waals surface area contributed by atoms with Gasteiger partial charge in [0.05, 0.1) is 13.2 Å². The molecule has 0 aromatic heterocycles. The number of rotatable bonds is 0. The van der Waals surface area contributed by atoms with Crippen LogP contribution in [0.25, 0.3) is 0 Å². The molecule has 42 valence electrons. The fourth-order valence-electron chi connectivity index (χ4n) is 0.532. The molecule has 0 radical (unpaired) electrons. The highest BCUT2D eigenvalue weighted by molar-refractivity contribution is 4.71. The minimum absolute atomic E-state index is 0.279. The summed E-state index contributed by atoms with van der Waals surface area (Å²) in [6.07, 6.45) is -1.31. The molecule has 0 spiro atoms. The Morgan fingerprint density at radius 2 is 1.57 bits per heavy atom. The Morgan fingerprint density at radius 1 is 1.14 bits per heavy atom. The van der Waals surface area contributed by atoms with E-state index in [2.05, 4.69) is 4.74 Å². The maximum atomic E-state index is 8.62. The minimum Gasteiger partial charge on any atom is -0.388 e. The summed E-state index contributed by atoms with van der Waals surface area (Å²) in [5.74, 6) is 0. The van der Waals surface area contributed by atoms with Crippen molar-refractivity contribution in [3.05, 3.63) is 0 Å². The molecule has 1 heterocycles. The maximum Gasteiger partial charge on any atom is 0.105 e. The third-order valence-corrected chi connectivity index (χ3v) is 1.02. The highest BCUT2D eigenvalue weighted by Crippen LogP contribution is 2.02. The predicted molar refractivity (Wildman–Crippen MR) is 22.8 cm³/mol. The van der Waals surface area contributed by atoms with E-state index in [0.717, 1.165) is 0 Å². The number of ether oxygens (including phenoxy) is 1. The highest BCUT2D eigenvalue weighted by atomic mass is 16.5. The lowest BCUT2D eigenvalue weighted by Crippen LogP contribution is -2.22. The van der Waals surface area contributed by atoms with Crippen LogP contribution in [0.3, 0.4) is 0 Å². The molecule has 0 amide bonds. The Bertz CT molecular complexity index is 56.0. The molecule has 1 aliphatic rings. The van der Waals surface area contributed by atoms with Crippen molar-refractivity contribution >= 4 is 0 Å². The van der Waals surface area contributed by atoms with Gasteiger partial charge in [0.2, 0.25) is 0 Å². The van der Waals surface area contributed by atoms with Gasteiger partial charge in [0.1, 0.15) is 12.2 Å². The molecule has 1 unspecified atom stereocenters. The monoisotopic (exact) mass is 104 g/mol. The van der Waals surface area contributed by atoms with Gasteiger partial charge >= 0.3 is 0 Å². The lowest BCUT2D eigenvalue weighted by atomic mass is 10.3. The number of hydrogen-bond acceptors (Lipinski definition) is 3. The zero-order chi connectivity index (χ0) is 5.28. The molecule has 1 rings (SSSR count). The van der Waals surface area contributed by atoms with Crippen molar-refractivity contribution < 1.29 is 14.9 Å². The van der Waals surface area contributed by atoms with Crippen molar-refractivity contribution in [3.63, 3.8) is 0 Å². The second-order valence-corrected chi connectivity index (χ2v) is 1.67. The normalized spacial score (nSPS) is 42.0. The summed E-state index contributed by atoms with van der Waals surface area (Å²) in [5.41, 5.74) is 0. The van der Waals surface area contributed by atoms with Gasteiger partial charge in [-0.3, -0.25) is 0 Å². The standard InChI is InChI=1S/C4H8O3/c5-3-1-7-2-4(3)6/h3-6H,1-2H2/t3-,4?/m0/s1. The first-order chi connectivity index (χ1) is 3.30. The molecule has 7 heavy (non-hydrogen) atoms. The van der Waals surface area contributed by atoms with Crippen LogP contribution in [0.5, 0.6) is 0 Å². The van der Waals surface area contributed by atoms with Crippen molar-refractivity contribution in [1.82, 2.24) is 0 Å². The zero-order valence-electron chi connectivity index (χ0n) is 3.87. The first-order valence-corrected chi connectivity index (χ1v) is 2.24. The average Bonchev–Trinajstić information content (AvgIpc) is 1.91. The van der Waals surface area contributed by atoms with E-state index >= 15 is 0 Å². The summed E-state index contributed by atoms with van der Waals surface area (Å²) in [7, 11) is 0. The van der Waals surface area contributed by atoms with Crippen LogP contribution < -0.4 is 0 Å². The Balaban J connectivity index is 2.33. The molecule has 0 aromatic carbocycles. The molecule has 0 aliphatic carbocycles. The number of aliphatic hydroxyl groups is 2. The molecule has 2 atom stereocenters. The van der Waals surface area contributed by atoms with Gasteiger partial charge in [-0.2, -0.15) is 0 Å². The molecule has 3 heteroatoms. The Labute approximate surface area is 41.5 Å². The molecule has 0 saturated carbocycles. The van der Waals surface area contributed by atoms with Gasteiger partial charge in [-0.1, -0.05) is 0 Å². The summed E-state index contributed by atoms with van der Waals surface area (Å²) in [6, 6.07) is 0. The van der Waals surface area contributed by atoms with Gasteiger partial charge in [-0.05, 0) is 0 Å². The summed E-state index contributed by atoms with van der Waals surface area (Å²) >= 11 is 0. The van der Waals surface area contributed by atoms with Crippen LogP contribution in [-0.4, -0.2) is 35.6 Å². The zero-order valence-corrected chi connectivity index (χ0v) is 3.87. The average molecular weight is 104 g/mol. The lowest BCUT2D eigenvalue weighted by Gasteiger charge is -2.00. The van der Waals surface area contributed by atoms with Gasteiger partial charge in [-0.25, -0.2) is 0 Å². The largest absolute Gasteiger partial charge is 0.388 e. The topological polar surface area (TPSA) is 49.7 Å². The molecular weight excluding hydrogens is 96.0 g/mol. The fourth-order valence-corrected chi connectivity index (χ4v) is 0.532. The van der Waals surface area contributed by atoms with E-state index in [1.54, 1.807) is 0 Å². The summed E-state index contributed by atoms with van der Waals surface area (Å²) in [4.78, 5) is 0. The van der Waals surface area contributed by atoms with Crippen molar-refractivity contribution in [1.29, 1.82) is 0 Å². The third kappa shape index (κ3) is 0.907. The van der Waals surface area contributed by atoms with Gasteiger partial charge < -0.3 is 14.9 Å². The van der Waals surface area contributed by atoms with Gasteiger partial charge in [0, 0.05) is 0 Å². The van der Waals surface area contributed by atoms with Crippen LogP contribution in [0.2, 0.25) is 0 Å². The first kappa shape index (κ1) is 5.03. The molecular formula is C4H8O3. The SMILES string of the molecule is OC1COC[C@@H]1O. The molecule has 1 fully saturated rings. The van der Waals surface area contributed by atoms with Crippen molar-refractivity contribution in [3.8, 4) is 0 Å². The summed E-state index contributed by atoms with van der Waals surface area (Å²) < 4.78 is 4.67. The van der Waals surface area contributed by atoms with Crippen LogP contribution in [0.4, 0.5) is 0 Å². The van der Waals surface area contributed by atoms with Crippen LogP contribution in [0.15, 0.2) is 0 Å². The molecule has 3 nitrogen and oxygen atoms in total. The van der Waals surface area contributed by atoms with Crippen molar-refractivity contribution in [2.45, 2.75) is 12.2 Å². The van der Waals surface area contributed by atoms with E-state index in [9.17, 15) is 0 Å². The summed E-state index contributed by atoms with van der Waals surface area (Å²) in [6.45, 7) is 0.558. The van der Waals surface area contributed by atoms with E-state index in [1.165, 1.54) is 0 Å². The first-order valence-electron chi connectivity index (χ1n) is 2.24. The molecule has 1 saturated heterocycles. The third-order valence-electron chi connectivity index (χ3n) is 1.02. The quantitative estimate of drug-likeness (QED) is 0.403. The Kier molecular flexibility index (Phi) is 1.27. The molecule has 0 bridgehead atoms. The fraction of sp³-hybridized carbons (Fsp3) is 1.00. The van der Waals surface area contributed by atoms with Crippen LogP contribution >= 0.6 is 0 Å². The second-order valence-electron chi connectivity index (χ2n) is 1.67. The van der Waals surface area contributed by atoms with Crippen LogP contribution in [0, 0.1) is 0 Å². The van der Waals surface area contributed by atoms with E-state index in [0.29, 0.717) is 0 Å². The maximum absolute atomic E-state index is 8.62. The van der Waals surface area contributed by atoms with Gasteiger partial charge in [0.25, 0.3) is 0 Å². The van der Waals surface area contributed by atoms with Gasteiger partial charge in [-0.15, -0.1) is 0 Å². The summed E-state index contributed by atoms with van der Waals surface area (Å²) in [5, 5.41) is 17.2. The smallest absolute Gasteiger partial charge is 0.105 e. The van der Waals surface area contributed by atoms with Crippen molar-refractivity contribution in [2.75, 3.05) is 13.2 Å². The predicted octanol–water partition coefficient (Wildman–Crippen LogP) is -1.26. The van der Waals surface area contributed by atoms with E-state index in [4.69, 9.17) is 10.2 Å². The number of hydrogen-bond donors (Lipinski definition) is 2. The highest BCUT2D eigenvalue weighted by Gasteiger charge is 2.22. The Morgan fingerprint density at radius 3 is 1.71 bits per heavy atom. The second kappa shape index (κ2) is 1.78. The lowest BCUT2D eigenvalue weighted by molar-refractivity contribution is 0.0572. The van der Waals surface area contributed by atoms with Crippen LogP contribution in [-0.2, 0) is 4.74 Å². The Hall–Kier alpha value is -0.120. The van der Waals surface area contributed by atoms with Crippen molar-refractivity contribution in [2.24, 2.45) is 0 Å². The molecule has 2 N–H and O–H groups in total. The van der Waals surface area contributed by atoms with E-state index in [1.807, 2.05) is 0 Å². The van der Waals surface area contributed by atoms with E-state index < -0.39 is 12.2 Å².